The van der Waals surface area contributed by atoms with Crippen LogP contribution in [0.1, 0.15) is 44.9 Å². The van der Waals surface area contributed by atoms with Crippen LogP contribution in [0.15, 0.2) is 57.6 Å². The maximum Gasteiger partial charge on any atom is 0.137 e. The Morgan fingerprint density at radius 2 is 2.03 bits per heavy atom. The number of methoxy groups -OCH3 is 2. The Balaban J connectivity index is 1.39. The molecule has 0 bridgehead atoms. The van der Waals surface area contributed by atoms with E-state index < -0.39 is 0 Å². The minimum absolute atomic E-state index is 0.0226. The largest absolute Gasteiger partial charge is 0.377 e. The molecule has 35 heavy (non-hydrogen) atoms. The van der Waals surface area contributed by atoms with Crippen LogP contribution in [0.2, 0.25) is 0 Å². The molecular weight excluding hydrogens is 467 g/mol. The van der Waals surface area contributed by atoms with Crippen molar-refractivity contribution in [1.82, 2.24) is 21.3 Å². The van der Waals surface area contributed by atoms with E-state index in [-0.39, 0.29) is 41.4 Å². The predicted molar refractivity (Wildman–Crippen MR) is 137 cm³/mol. The molecule has 0 saturated heterocycles. The number of halogens is 2. The van der Waals surface area contributed by atoms with Crippen LogP contribution in [-0.2, 0) is 9.47 Å². The molecule has 0 fully saturated rings. The van der Waals surface area contributed by atoms with Crippen molar-refractivity contribution in [3.8, 4) is 0 Å². The highest BCUT2D eigenvalue weighted by molar-refractivity contribution is 6.30. The van der Waals surface area contributed by atoms with Crippen LogP contribution in [0.5, 0.6) is 0 Å². The molecule has 5 rings (SSSR count). The number of nitrogens with one attached hydrogen (secondary N) is 4. The van der Waals surface area contributed by atoms with Gasteiger partial charge >= 0.3 is 0 Å². The summed E-state index contributed by atoms with van der Waals surface area (Å²) >= 11 is 6.17. The smallest absolute Gasteiger partial charge is 0.137 e. The number of hydrogen-bond donors (Lipinski definition) is 4. The van der Waals surface area contributed by atoms with Gasteiger partial charge in [0.25, 0.3) is 0 Å². The number of allylic oxidation sites excluding steroid dienone is 3. The molecule has 8 heteroatoms. The van der Waals surface area contributed by atoms with Crippen molar-refractivity contribution >= 4 is 11.6 Å². The van der Waals surface area contributed by atoms with Crippen LogP contribution in [0.25, 0.3) is 0 Å². The highest BCUT2D eigenvalue weighted by Gasteiger charge is 2.38. The third kappa shape index (κ3) is 5.60. The van der Waals surface area contributed by atoms with E-state index in [0.717, 1.165) is 51.6 Å². The first-order valence-corrected chi connectivity index (χ1v) is 13.3. The van der Waals surface area contributed by atoms with Crippen LogP contribution in [0.4, 0.5) is 4.39 Å². The summed E-state index contributed by atoms with van der Waals surface area (Å²) in [7, 11) is 3.60. The molecule has 0 aromatic rings. The zero-order chi connectivity index (χ0) is 24.4. The first-order valence-electron chi connectivity index (χ1n) is 13.0. The second kappa shape index (κ2) is 11.3. The van der Waals surface area contributed by atoms with Crippen molar-refractivity contribution in [1.29, 1.82) is 0 Å². The van der Waals surface area contributed by atoms with Gasteiger partial charge < -0.3 is 20.1 Å². The Hall–Kier alpha value is -1.48. The third-order valence-corrected chi connectivity index (χ3v) is 8.40. The lowest BCUT2D eigenvalue weighted by Gasteiger charge is -2.44. The SMILES string of the molecule is CO[C@H]1CC[C@@H](OC)C=C1[C@@H]1CCC2=C(C1)[C@@H](N[C@H]1C=CC(F)=C(Cl)C1)NC(C1=CCCNC1)N2. The van der Waals surface area contributed by atoms with Crippen molar-refractivity contribution in [2.45, 2.75) is 75.5 Å². The second-order valence-corrected chi connectivity index (χ2v) is 10.7. The van der Waals surface area contributed by atoms with Gasteiger partial charge in [0.15, 0.2) is 0 Å². The fourth-order valence-corrected chi connectivity index (χ4v) is 6.36. The van der Waals surface area contributed by atoms with E-state index in [1.54, 1.807) is 7.11 Å². The van der Waals surface area contributed by atoms with E-state index in [1.165, 1.54) is 28.5 Å². The Morgan fingerprint density at radius 3 is 2.77 bits per heavy atom. The minimum Gasteiger partial charge on any atom is -0.377 e. The molecular formula is C27H38ClFN4O2. The van der Waals surface area contributed by atoms with Crippen LogP contribution >= 0.6 is 11.6 Å². The second-order valence-electron chi connectivity index (χ2n) is 10.2. The first kappa shape index (κ1) is 25.2. The molecule has 2 heterocycles. The maximum absolute atomic E-state index is 13.8. The highest BCUT2D eigenvalue weighted by atomic mass is 35.5. The van der Waals surface area contributed by atoms with Gasteiger partial charge in [0.2, 0.25) is 0 Å². The van der Waals surface area contributed by atoms with Crippen LogP contribution < -0.4 is 21.3 Å². The normalized spacial score (nSPS) is 35.9. The molecule has 5 aliphatic rings. The van der Waals surface area contributed by atoms with E-state index in [9.17, 15) is 4.39 Å². The van der Waals surface area contributed by atoms with Gasteiger partial charge in [-0.1, -0.05) is 29.8 Å². The molecule has 3 aliphatic carbocycles. The Bertz CT molecular complexity index is 959. The van der Waals surface area contributed by atoms with Crippen LogP contribution in [-0.4, -0.2) is 57.9 Å². The lowest BCUT2D eigenvalue weighted by Crippen LogP contribution is -2.62. The monoisotopic (exact) mass is 504 g/mol. The van der Waals surface area contributed by atoms with Crippen LogP contribution in [0.3, 0.4) is 0 Å². The molecule has 0 radical (unpaired) electrons. The summed E-state index contributed by atoms with van der Waals surface area (Å²) in [6.07, 6.45) is 14.9. The zero-order valence-electron chi connectivity index (χ0n) is 20.7. The van der Waals surface area contributed by atoms with Crippen LogP contribution in [0, 0.1) is 5.92 Å². The average molecular weight is 505 g/mol. The first-order chi connectivity index (χ1) is 17.1. The lowest BCUT2D eigenvalue weighted by atomic mass is 9.75. The molecule has 0 spiro atoms. The fourth-order valence-electron chi connectivity index (χ4n) is 6.13. The zero-order valence-corrected chi connectivity index (χ0v) is 21.5. The fraction of sp³-hybridized carbons (Fsp3) is 0.630. The van der Waals surface area contributed by atoms with Gasteiger partial charge in [0, 0.05) is 38.9 Å². The average Bonchev–Trinajstić information content (AvgIpc) is 2.90. The van der Waals surface area contributed by atoms with Gasteiger partial charge in [-0.25, -0.2) is 4.39 Å². The topological polar surface area (TPSA) is 66.6 Å². The summed E-state index contributed by atoms with van der Waals surface area (Å²) in [5, 5.41) is 15.1. The highest BCUT2D eigenvalue weighted by Crippen LogP contribution is 2.40. The van der Waals surface area contributed by atoms with Crippen molar-refractivity contribution in [2.24, 2.45) is 5.92 Å². The standard InChI is InChI=1S/C27H38ClFN4O2/c1-34-19-7-10-25(35-2)20(14-19)16-5-9-24-21(12-16)27(31-18-6-8-23(29)22(28)13-18)33-26(32-24)17-4-3-11-30-15-17/h4,6,8,14,16,18-19,25-27,30-33H,3,5,7,9-13,15H2,1-2H3/t16-,18+,19-,25+,26?,27+/m1/s1. The van der Waals surface area contributed by atoms with Crippen molar-refractivity contribution < 1.29 is 13.9 Å². The molecule has 2 aliphatic heterocycles. The van der Waals surface area contributed by atoms with E-state index >= 15 is 0 Å². The minimum atomic E-state index is -0.334. The van der Waals surface area contributed by atoms with Gasteiger partial charge in [-0.2, -0.15) is 0 Å². The quantitative estimate of drug-likeness (QED) is 0.412. The summed E-state index contributed by atoms with van der Waals surface area (Å²) in [6.45, 7) is 1.90. The number of hydrogen-bond acceptors (Lipinski definition) is 6. The van der Waals surface area contributed by atoms with Gasteiger partial charge in [0.05, 0.1) is 23.4 Å². The molecule has 1 unspecified atom stereocenters. The molecule has 0 aromatic carbocycles. The maximum atomic E-state index is 13.8. The molecule has 192 valence electrons. The molecule has 0 aromatic heterocycles. The Kier molecular flexibility index (Phi) is 8.12. The molecule has 0 saturated carbocycles. The summed E-state index contributed by atoms with van der Waals surface area (Å²) in [5.74, 6) is 0.0824. The number of rotatable bonds is 6. The van der Waals surface area contributed by atoms with Crippen molar-refractivity contribution in [3.05, 3.63) is 57.6 Å². The summed E-state index contributed by atoms with van der Waals surface area (Å²) in [6, 6.07) is -0.0238. The van der Waals surface area contributed by atoms with E-state index in [1.807, 2.05) is 13.2 Å². The third-order valence-electron chi connectivity index (χ3n) is 8.06. The molecule has 6 atom stereocenters. The summed E-state index contributed by atoms with van der Waals surface area (Å²) < 4.78 is 25.4. The van der Waals surface area contributed by atoms with E-state index in [0.29, 0.717) is 12.3 Å². The van der Waals surface area contributed by atoms with Gasteiger partial charge in [-0.05, 0) is 73.8 Å². The van der Waals surface area contributed by atoms with Crippen molar-refractivity contribution in [3.63, 3.8) is 0 Å². The number of ether oxygens (including phenoxy) is 2. The lowest BCUT2D eigenvalue weighted by molar-refractivity contribution is 0.0646. The van der Waals surface area contributed by atoms with Crippen molar-refractivity contribution in [2.75, 3.05) is 27.3 Å². The molecule has 6 nitrogen and oxygen atoms in total. The summed E-state index contributed by atoms with van der Waals surface area (Å²) in [4.78, 5) is 0. The predicted octanol–water partition coefficient (Wildman–Crippen LogP) is 3.89. The van der Waals surface area contributed by atoms with Gasteiger partial charge in [-0.3, -0.25) is 10.6 Å². The van der Waals surface area contributed by atoms with E-state index in [2.05, 4.69) is 33.4 Å². The van der Waals surface area contributed by atoms with Gasteiger partial charge in [0.1, 0.15) is 12.0 Å². The Morgan fingerprint density at radius 1 is 1.14 bits per heavy atom. The Labute approximate surface area is 213 Å². The molecule has 0 amide bonds. The van der Waals surface area contributed by atoms with E-state index in [4.69, 9.17) is 21.1 Å². The molecule has 4 N–H and O–H groups in total. The summed E-state index contributed by atoms with van der Waals surface area (Å²) in [5.41, 5.74) is 5.41. The van der Waals surface area contributed by atoms with Gasteiger partial charge in [-0.15, -0.1) is 0 Å².